The number of hydrogen-bond acceptors (Lipinski definition) is 6. The van der Waals surface area contributed by atoms with E-state index in [-0.39, 0.29) is 36.6 Å². The summed E-state index contributed by atoms with van der Waals surface area (Å²) in [4.78, 5) is 28.3. The SMILES string of the molecule is O=C1[C@H]2[C@H](C[C@H](CO)[C@@]3(O)O[C@H](c4cc(Br)ccc4O)C[C@@H]23)C(=O)N1C1CCCCC1. The van der Waals surface area contributed by atoms with Crippen molar-refractivity contribution in [2.24, 2.45) is 23.7 Å². The summed E-state index contributed by atoms with van der Waals surface area (Å²) in [6, 6.07) is 4.94. The van der Waals surface area contributed by atoms with Gasteiger partial charge in [0, 0.05) is 27.9 Å². The van der Waals surface area contributed by atoms with E-state index in [4.69, 9.17) is 4.74 Å². The van der Waals surface area contributed by atoms with Crippen LogP contribution in [0.25, 0.3) is 0 Å². The second kappa shape index (κ2) is 7.83. The Morgan fingerprint density at radius 3 is 2.58 bits per heavy atom. The fourth-order valence-electron chi connectivity index (χ4n) is 6.39. The van der Waals surface area contributed by atoms with Crippen molar-refractivity contribution in [3.63, 3.8) is 0 Å². The van der Waals surface area contributed by atoms with Crippen LogP contribution < -0.4 is 0 Å². The number of imide groups is 1. The molecule has 2 heterocycles. The van der Waals surface area contributed by atoms with Crippen LogP contribution in [0.1, 0.15) is 56.6 Å². The van der Waals surface area contributed by atoms with Gasteiger partial charge in [0.05, 0.1) is 24.5 Å². The number of nitrogens with zero attached hydrogens (tertiary/aromatic N) is 1. The number of aromatic hydroxyl groups is 1. The fraction of sp³-hybridized carbons (Fsp3) is 0.652. The van der Waals surface area contributed by atoms with E-state index in [2.05, 4.69) is 15.9 Å². The Morgan fingerprint density at radius 1 is 1.13 bits per heavy atom. The lowest BCUT2D eigenvalue weighted by Gasteiger charge is -2.44. The van der Waals surface area contributed by atoms with Crippen LogP contribution in [0, 0.1) is 23.7 Å². The molecule has 5 rings (SSSR count). The van der Waals surface area contributed by atoms with Crippen LogP contribution in [0.4, 0.5) is 0 Å². The lowest BCUT2D eigenvalue weighted by Crippen LogP contribution is -2.54. The summed E-state index contributed by atoms with van der Waals surface area (Å²) in [5, 5.41) is 32.0. The van der Waals surface area contributed by atoms with E-state index in [0.29, 0.717) is 12.0 Å². The molecule has 2 saturated heterocycles. The van der Waals surface area contributed by atoms with Gasteiger partial charge in [0.15, 0.2) is 5.79 Å². The van der Waals surface area contributed by atoms with Crippen molar-refractivity contribution in [1.82, 2.24) is 4.90 Å². The zero-order chi connectivity index (χ0) is 21.9. The highest BCUT2D eigenvalue weighted by atomic mass is 79.9. The maximum Gasteiger partial charge on any atom is 0.233 e. The number of phenols is 1. The van der Waals surface area contributed by atoms with Crippen LogP contribution in [0.2, 0.25) is 0 Å². The van der Waals surface area contributed by atoms with Gasteiger partial charge in [0.1, 0.15) is 5.75 Å². The fourth-order valence-corrected chi connectivity index (χ4v) is 6.77. The van der Waals surface area contributed by atoms with E-state index in [1.807, 2.05) is 0 Å². The number of likely N-dealkylation sites (tertiary alicyclic amines) is 1. The first-order valence-electron chi connectivity index (χ1n) is 11.2. The molecule has 2 aliphatic heterocycles. The van der Waals surface area contributed by atoms with Crippen molar-refractivity contribution in [3.05, 3.63) is 28.2 Å². The minimum atomic E-state index is -1.71. The van der Waals surface area contributed by atoms with Crippen LogP contribution >= 0.6 is 15.9 Å². The van der Waals surface area contributed by atoms with Crippen molar-refractivity contribution in [3.8, 4) is 5.75 Å². The van der Waals surface area contributed by atoms with Gasteiger partial charge in [-0.2, -0.15) is 0 Å². The van der Waals surface area contributed by atoms with Crippen molar-refractivity contribution >= 4 is 27.7 Å². The van der Waals surface area contributed by atoms with Gasteiger partial charge in [-0.25, -0.2) is 0 Å². The number of ether oxygens (including phenoxy) is 1. The zero-order valence-electron chi connectivity index (χ0n) is 17.2. The van der Waals surface area contributed by atoms with Gasteiger partial charge in [0.25, 0.3) is 0 Å². The molecule has 168 valence electrons. The number of carbonyl (C=O) groups is 2. The van der Waals surface area contributed by atoms with Crippen molar-refractivity contribution in [2.45, 2.75) is 62.9 Å². The number of benzene rings is 1. The second-order valence-electron chi connectivity index (χ2n) is 9.49. The first-order chi connectivity index (χ1) is 14.8. The number of hydrogen-bond donors (Lipinski definition) is 3. The van der Waals surface area contributed by atoms with Crippen LogP contribution in [0.5, 0.6) is 5.75 Å². The number of aliphatic hydroxyl groups excluding tert-OH is 1. The third-order valence-electron chi connectivity index (χ3n) is 7.89. The van der Waals surface area contributed by atoms with Crippen LogP contribution in [0.15, 0.2) is 22.7 Å². The molecule has 6 atom stereocenters. The quantitative estimate of drug-likeness (QED) is 0.558. The standard InChI is InChI=1S/C23H28BrNO6/c24-13-6-7-18(27)15(9-13)19-10-17-20-16(8-12(11-26)23(17,30)31-19)21(28)25(22(20)29)14-4-2-1-3-5-14/h6-7,9,12,14,16-17,19-20,26-27,30H,1-5,8,10-11H2/t12-,16+,17+,19+,20+,23-/m1/s1. The van der Waals surface area contributed by atoms with Gasteiger partial charge < -0.3 is 20.1 Å². The molecule has 31 heavy (non-hydrogen) atoms. The Bertz CT molecular complexity index is 902. The van der Waals surface area contributed by atoms with E-state index in [1.165, 1.54) is 4.90 Å². The van der Waals surface area contributed by atoms with Crippen LogP contribution in [0.3, 0.4) is 0 Å². The van der Waals surface area contributed by atoms with Crippen molar-refractivity contribution in [1.29, 1.82) is 0 Å². The van der Waals surface area contributed by atoms with E-state index >= 15 is 0 Å². The molecule has 1 aromatic rings. The second-order valence-corrected chi connectivity index (χ2v) is 10.4. The third kappa shape index (κ3) is 3.25. The molecule has 7 nitrogen and oxygen atoms in total. The van der Waals surface area contributed by atoms with Gasteiger partial charge >= 0.3 is 0 Å². The van der Waals surface area contributed by atoms with Gasteiger partial charge in [-0.05, 0) is 43.9 Å². The molecule has 2 aliphatic carbocycles. The number of carbonyl (C=O) groups excluding carboxylic acids is 2. The van der Waals surface area contributed by atoms with Gasteiger partial charge in [-0.1, -0.05) is 35.2 Å². The van der Waals surface area contributed by atoms with E-state index in [1.54, 1.807) is 18.2 Å². The van der Waals surface area contributed by atoms with Gasteiger partial charge in [0.2, 0.25) is 11.8 Å². The molecular weight excluding hydrogens is 466 g/mol. The normalized spacial score (nSPS) is 38.4. The Hall–Kier alpha value is -1.48. The third-order valence-corrected chi connectivity index (χ3v) is 8.39. The van der Waals surface area contributed by atoms with E-state index in [9.17, 15) is 24.9 Å². The predicted molar refractivity (Wildman–Crippen MR) is 114 cm³/mol. The lowest BCUT2D eigenvalue weighted by atomic mass is 9.64. The Kier molecular flexibility index (Phi) is 5.40. The highest BCUT2D eigenvalue weighted by Crippen LogP contribution is 2.59. The summed E-state index contributed by atoms with van der Waals surface area (Å²) >= 11 is 3.40. The number of halogens is 1. The summed E-state index contributed by atoms with van der Waals surface area (Å²) in [6.07, 6.45) is 4.70. The summed E-state index contributed by atoms with van der Waals surface area (Å²) in [5.41, 5.74) is 0.520. The summed E-state index contributed by atoms with van der Waals surface area (Å²) < 4.78 is 6.85. The zero-order valence-corrected chi connectivity index (χ0v) is 18.8. The lowest BCUT2D eigenvalue weighted by molar-refractivity contribution is -0.274. The van der Waals surface area contributed by atoms with E-state index < -0.39 is 35.6 Å². The Balaban J connectivity index is 1.49. The molecule has 8 heteroatoms. The Morgan fingerprint density at radius 2 is 1.87 bits per heavy atom. The molecule has 0 bridgehead atoms. The van der Waals surface area contributed by atoms with Gasteiger partial charge in [-0.15, -0.1) is 0 Å². The molecular formula is C23H28BrNO6. The molecule has 4 aliphatic rings. The maximum absolute atomic E-state index is 13.5. The number of phenolic OH excluding ortho intramolecular Hbond substituents is 1. The minimum Gasteiger partial charge on any atom is -0.508 e. The summed E-state index contributed by atoms with van der Waals surface area (Å²) in [6.45, 7) is -0.335. The molecule has 2 saturated carbocycles. The largest absolute Gasteiger partial charge is 0.508 e. The number of fused-ring (bicyclic) bond motifs is 3. The highest BCUT2D eigenvalue weighted by molar-refractivity contribution is 9.10. The van der Waals surface area contributed by atoms with Crippen LogP contribution in [-0.4, -0.2) is 50.5 Å². The van der Waals surface area contributed by atoms with Crippen molar-refractivity contribution in [2.75, 3.05) is 6.61 Å². The Labute approximate surface area is 189 Å². The average molecular weight is 494 g/mol. The summed E-state index contributed by atoms with van der Waals surface area (Å²) in [5.74, 6) is -4.49. The molecule has 0 spiro atoms. The van der Waals surface area contributed by atoms with Gasteiger partial charge in [-0.3, -0.25) is 14.5 Å². The molecule has 0 aromatic heterocycles. The smallest absolute Gasteiger partial charge is 0.233 e. The molecule has 2 amide bonds. The molecule has 4 fully saturated rings. The molecule has 3 N–H and O–H groups in total. The number of amides is 2. The number of aliphatic hydroxyl groups is 2. The first-order valence-corrected chi connectivity index (χ1v) is 12.0. The average Bonchev–Trinajstić information content (AvgIpc) is 3.23. The first kappa shape index (κ1) is 21.4. The topological polar surface area (TPSA) is 107 Å². The predicted octanol–water partition coefficient (Wildman–Crippen LogP) is 2.87. The van der Waals surface area contributed by atoms with Crippen LogP contribution in [-0.2, 0) is 14.3 Å². The number of rotatable bonds is 3. The maximum atomic E-state index is 13.5. The van der Waals surface area contributed by atoms with Crippen molar-refractivity contribution < 1.29 is 29.6 Å². The minimum absolute atomic E-state index is 0.0465. The van der Waals surface area contributed by atoms with E-state index in [0.717, 1.165) is 36.6 Å². The summed E-state index contributed by atoms with van der Waals surface area (Å²) in [7, 11) is 0. The highest BCUT2D eigenvalue weighted by Gasteiger charge is 2.67. The molecule has 0 radical (unpaired) electrons. The molecule has 0 unspecified atom stereocenters. The monoisotopic (exact) mass is 493 g/mol. The molecule has 1 aromatic carbocycles.